The second kappa shape index (κ2) is 4.08. The maximum absolute atomic E-state index is 5.92. The number of fused-ring (bicyclic) bond motifs is 1. The fourth-order valence-corrected chi connectivity index (χ4v) is 2.44. The molecule has 0 N–H and O–H groups in total. The van der Waals surface area contributed by atoms with E-state index in [0.29, 0.717) is 0 Å². The van der Waals surface area contributed by atoms with Crippen LogP contribution in [0.15, 0.2) is 36.4 Å². The highest BCUT2D eigenvalue weighted by molar-refractivity contribution is 6.30. The first-order chi connectivity index (χ1) is 8.24. The molecule has 2 aromatic rings. The Morgan fingerprint density at radius 1 is 1.12 bits per heavy atom. The third kappa shape index (κ3) is 1.91. The van der Waals surface area contributed by atoms with E-state index in [2.05, 4.69) is 19.1 Å². The Morgan fingerprint density at radius 2 is 1.88 bits per heavy atom. The molecule has 17 heavy (non-hydrogen) atoms. The highest BCUT2D eigenvalue weighted by Crippen LogP contribution is 2.38. The van der Waals surface area contributed by atoms with Gasteiger partial charge in [-0.05, 0) is 41.8 Å². The zero-order valence-corrected chi connectivity index (χ0v) is 10.4. The first kappa shape index (κ1) is 10.7. The SMILES string of the molecule is Cc1cc2c(c(-c3ccc(Cl)cc3)c1)OCC2. The minimum absolute atomic E-state index is 0.763. The fourth-order valence-electron chi connectivity index (χ4n) is 2.31. The molecule has 1 aliphatic rings. The zero-order chi connectivity index (χ0) is 11.8. The minimum atomic E-state index is 0.763. The molecular weight excluding hydrogens is 232 g/mol. The molecule has 2 aromatic carbocycles. The summed E-state index contributed by atoms with van der Waals surface area (Å²) < 4.78 is 5.74. The fraction of sp³-hybridized carbons (Fsp3) is 0.200. The van der Waals surface area contributed by atoms with Gasteiger partial charge in [0.2, 0.25) is 0 Å². The summed E-state index contributed by atoms with van der Waals surface area (Å²) in [6, 6.07) is 12.3. The van der Waals surface area contributed by atoms with Gasteiger partial charge < -0.3 is 4.74 Å². The van der Waals surface area contributed by atoms with Gasteiger partial charge in [0.1, 0.15) is 5.75 Å². The molecule has 0 saturated carbocycles. The first-order valence-electron chi connectivity index (χ1n) is 5.76. The smallest absolute Gasteiger partial charge is 0.130 e. The third-order valence-corrected chi connectivity index (χ3v) is 3.34. The van der Waals surface area contributed by atoms with Crippen molar-refractivity contribution >= 4 is 11.6 Å². The summed E-state index contributed by atoms with van der Waals surface area (Å²) in [7, 11) is 0. The number of ether oxygens (including phenoxy) is 1. The maximum atomic E-state index is 5.92. The van der Waals surface area contributed by atoms with E-state index < -0.39 is 0 Å². The average molecular weight is 245 g/mol. The Labute approximate surface area is 106 Å². The van der Waals surface area contributed by atoms with Crippen molar-refractivity contribution < 1.29 is 4.74 Å². The predicted octanol–water partition coefficient (Wildman–Crippen LogP) is 4.25. The molecule has 0 atom stereocenters. The summed E-state index contributed by atoms with van der Waals surface area (Å²) >= 11 is 5.92. The molecule has 0 radical (unpaired) electrons. The molecule has 0 spiro atoms. The van der Waals surface area contributed by atoms with Crippen molar-refractivity contribution in [2.24, 2.45) is 0 Å². The van der Waals surface area contributed by atoms with E-state index in [1.807, 2.05) is 24.3 Å². The lowest BCUT2D eigenvalue weighted by molar-refractivity contribution is 0.358. The molecule has 0 amide bonds. The lowest BCUT2D eigenvalue weighted by atomic mass is 9.98. The number of rotatable bonds is 1. The van der Waals surface area contributed by atoms with Gasteiger partial charge in [0.15, 0.2) is 0 Å². The van der Waals surface area contributed by atoms with Crippen LogP contribution >= 0.6 is 11.6 Å². The van der Waals surface area contributed by atoms with E-state index in [4.69, 9.17) is 16.3 Å². The summed E-state index contributed by atoms with van der Waals surface area (Å²) in [5.41, 5.74) is 4.93. The van der Waals surface area contributed by atoms with E-state index in [0.717, 1.165) is 29.4 Å². The lowest BCUT2D eigenvalue weighted by Crippen LogP contribution is -1.89. The van der Waals surface area contributed by atoms with E-state index in [1.165, 1.54) is 16.7 Å². The molecule has 1 heterocycles. The predicted molar refractivity (Wildman–Crippen MR) is 70.8 cm³/mol. The number of aryl methyl sites for hydroxylation is 1. The van der Waals surface area contributed by atoms with Crippen molar-refractivity contribution in [3.63, 3.8) is 0 Å². The maximum Gasteiger partial charge on any atom is 0.130 e. The average Bonchev–Trinajstić information content (AvgIpc) is 2.77. The van der Waals surface area contributed by atoms with Crippen LogP contribution in [0.4, 0.5) is 0 Å². The highest BCUT2D eigenvalue weighted by Gasteiger charge is 2.17. The first-order valence-corrected chi connectivity index (χ1v) is 6.14. The normalized spacial score (nSPS) is 13.3. The minimum Gasteiger partial charge on any atom is -0.492 e. The van der Waals surface area contributed by atoms with Crippen LogP contribution in [0.1, 0.15) is 11.1 Å². The van der Waals surface area contributed by atoms with Gasteiger partial charge in [-0.3, -0.25) is 0 Å². The number of hydrogen-bond acceptors (Lipinski definition) is 1. The molecule has 2 heteroatoms. The van der Waals surface area contributed by atoms with Crippen LogP contribution in [0.5, 0.6) is 5.75 Å². The molecule has 1 nitrogen and oxygen atoms in total. The molecule has 0 aromatic heterocycles. The van der Waals surface area contributed by atoms with Gasteiger partial charge in [0, 0.05) is 17.0 Å². The number of hydrogen-bond donors (Lipinski definition) is 0. The van der Waals surface area contributed by atoms with Crippen LogP contribution in [0, 0.1) is 6.92 Å². The van der Waals surface area contributed by atoms with Crippen molar-refractivity contribution in [1.29, 1.82) is 0 Å². The molecule has 0 unspecified atom stereocenters. The summed E-state index contributed by atoms with van der Waals surface area (Å²) in [4.78, 5) is 0. The number of halogens is 1. The van der Waals surface area contributed by atoms with Gasteiger partial charge in [-0.15, -0.1) is 0 Å². The van der Waals surface area contributed by atoms with Gasteiger partial charge >= 0.3 is 0 Å². The van der Waals surface area contributed by atoms with E-state index >= 15 is 0 Å². The van der Waals surface area contributed by atoms with Gasteiger partial charge in [0.05, 0.1) is 6.61 Å². The molecule has 3 rings (SSSR count). The van der Waals surface area contributed by atoms with Crippen LogP contribution in [0.25, 0.3) is 11.1 Å². The van der Waals surface area contributed by atoms with Crippen LogP contribution in [0.3, 0.4) is 0 Å². The molecule has 0 aliphatic carbocycles. The summed E-state index contributed by atoms with van der Waals surface area (Å²) in [5.74, 6) is 1.04. The number of benzene rings is 2. The van der Waals surface area contributed by atoms with Gasteiger partial charge in [-0.1, -0.05) is 29.8 Å². The zero-order valence-electron chi connectivity index (χ0n) is 9.66. The van der Waals surface area contributed by atoms with E-state index in [9.17, 15) is 0 Å². The van der Waals surface area contributed by atoms with Crippen LogP contribution in [-0.4, -0.2) is 6.61 Å². The Morgan fingerprint density at radius 3 is 2.65 bits per heavy atom. The molecule has 0 saturated heterocycles. The van der Waals surface area contributed by atoms with Crippen molar-refractivity contribution in [1.82, 2.24) is 0 Å². The van der Waals surface area contributed by atoms with E-state index in [1.54, 1.807) is 0 Å². The quantitative estimate of drug-likeness (QED) is 0.729. The molecule has 86 valence electrons. The topological polar surface area (TPSA) is 9.23 Å². The van der Waals surface area contributed by atoms with Gasteiger partial charge in [-0.2, -0.15) is 0 Å². The second-order valence-electron chi connectivity index (χ2n) is 4.41. The molecular formula is C15H13ClO. The summed E-state index contributed by atoms with van der Waals surface area (Å²) in [6.07, 6.45) is 1.01. The second-order valence-corrected chi connectivity index (χ2v) is 4.84. The van der Waals surface area contributed by atoms with Crippen LogP contribution in [-0.2, 0) is 6.42 Å². The van der Waals surface area contributed by atoms with Gasteiger partial charge in [-0.25, -0.2) is 0 Å². The molecule has 1 aliphatic heterocycles. The Bertz CT molecular complexity index is 558. The van der Waals surface area contributed by atoms with E-state index in [-0.39, 0.29) is 0 Å². The Balaban J connectivity index is 2.17. The Hall–Kier alpha value is -1.47. The van der Waals surface area contributed by atoms with Gasteiger partial charge in [0.25, 0.3) is 0 Å². The molecule has 0 fully saturated rings. The summed E-state index contributed by atoms with van der Waals surface area (Å²) in [6.45, 7) is 2.91. The third-order valence-electron chi connectivity index (χ3n) is 3.08. The highest BCUT2D eigenvalue weighted by atomic mass is 35.5. The molecule has 0 bridgehead atoms. The van der Waals surface area contributed by atoms with Crippen molar-refractivity contribution in [2.75, 3.05) is 6.61 Å². The Kier molecular flexibility index (Phi) is 2.56. The monoisotopic (exact) mass is 244 g/mol. The van der Waals surface area contributed by atoms with Crippen molar-refractivity contribution in [3.8, 4) is 16.9 Å². The van der Waals surface area contributed by atoms with Crippen molar-refractivity contribution in [2.45, 2.75) is 13.3 Å². The lowest BCUT2D eigenvalue weighted by Gasteiger charge is -2.09. The largest absolute Gasteiger partial charge is 0.492 e. The standard InChI is InChI=1S/C15H13ClO/c1-10-8-12-6-7-17-15(12)14(9-10)11-2-4-13(16)5-3-11/h2-5,8-9H,6-7H2,1H3. The summed E-state index contributed by atoms with van der Waals surface area (Å²) in [5, 5.41) is 0.763. The van der Waals surface area contributed by atoms with Crippen LogP contribution in [0.2, 0.25) is 5.02 Å². The van der Waals surface area contributed by atoms with Crippen molar-refractivity contribution in [3.05, 3.63) is 52.5 Å². The van der Waals surface area contributed by atoms with Crippen LogP contribution < -0.4 is 4.74 Å².